The van der Waals surface area contributed by atoms with Crippen LogP contribution in [0.5, 0.6) is 11.5 Å². The summed E-state index contributed by atoms with van der Waals surface area (Å²) in [6.45, 7) is 2.01. The molecule has 1 aliphatic carbocycles. The zero-order valence-corrected chi connectivity index (χ0v) is 10.9. The van der Waals surface area contributed by atoms with Gasteiger partial charge < -0.3 is 14.3 Å². The highest BCUT2D eigenvalue weighted by Gasteiger charge is 2.40. The van der Waals surface area contributed by atoms with E-state index in [1.165, 1.54) is 11.1 Å². The number of hydrogen-bond donors (Lipinski definition) is 0. The molecule has 2 aliphatic rings. The number of nitrogens with zero attached hydrogens (tertiary/aromatic N) is 1. The first-order valence-corrected chi connectivity index (χ1v) is 6.20. The van der Waals surface area contributed by atoms with Crippen molar-refractivity contribution in [1.29, 1.82) is 0 Å². The molecule has 0 saturated carbocycles. The van der Waals surface area contributed by atoms with E-state index in [9.17, 15) is 0 Å². The molecule has 0 amide bonds. The third kappa shape index (κ3) is 1.48. The first-order valence-electron chi connectivity index (χ1n) is 6.20. The zero-order chi connectivity index (χ0) is 12.7. The summed E-state index contributed by atoms with van der Waals surface area (Å²) in [5.74, 6) is 2.04. The van der Waals surface area contributed by atoms with Crippen LogP contribution >= 0.6 is 0 Å². The Balaban J connectivity index is 2.19. The van der Waals surface area contributed by atoms with E-state index in [0.29, 0.717) is 0 Å². The normalized spacial score (nSPS) is 24.7. The summed E-state index contributed by atoms with van der Waals surface area (Å²) in [4.78, 5) is 5.49. The fraction of sp³-hybridized carbons (Fsp3) is 0.500. The van der Waals surface area contributed by atoms with Crippen LogP contribution in [0.1, 0.15) is 30.4 Å². The molecule has 4 nitrogen and oxygen atoms in total. The van der Waals surface area contributed by atoms with Gasteiger partial charge in [0, 0.05) is 11.1 Å². The number of hydrogen-bond acceptors (Lipinski definition) is 4. The fourth-order valence-electron chi connectivity index (χ4n) is 3.03. The summed E-state index contributed by atoms with van der Waals surface area (Å²) in [6.07, 6.45) is 2.07. The van der Waals surface area contributed by atoms with Gasteiger partial charge in [-0.1, -0.05) is 5.16 Å². The van der Waals surface area contributed by atoms with Crippen LogP contribution in [0.2, 0.25) is 0 Å². The second-order valence-electron chi connectivity index (χ2n) is 4.76. The Morgan fingerprint density at radius 1 is 1.22 bits per heavy atom. The lowest BCUT2D eigenvalue weighted by molar-refractivity contribution is 0.0654. The van der Waals surface area contributed by atoms with Gasteiger partial charge in [0.2, 0.25) is 0 Å². The van der Waals surface area contributed by atoms with Crippen molar-refractivity contribution in [2.24, 2.45) is 5.16 Å². The maximum absolute atomic E-state index is 5.50. The second-order valence-corrected chi connectivity index (χ2v) is 4.76. The summed E-state index contributed by atoms with van der Waals surface area (Å²) in [7, 11) is 3.41. The molecule has 1 heterocycles. The van der Waals surface area contributed by atoms with Crippen molar-refractivity contribution in [2.45, 2.75) is 31.8 Å². The highest BCUT2D eigenvalue weighted by molar-refractivity contribution is 5.91. The molecule has 96 valence electrons. The molecule has 1 aromatic rings. The molecule has 0 bridgehead atoms. The number of rotatable bonds is 2. The summed E-state index contributed by atoms with van der Waals surface area (Å²) in [5, 5.41) is 4.13. The second kappa shape index (κ2) is 4.19. The molecular formula is C14H17NO3. The number of fused-ring (bicyclic) bond motifs is 3. The molecule has 0 fully saturated rings. The SMILES string of the molecule is COc1ccc(OC)c2c1CCC1ON=C(C)C21. The van der Waals surface area contributed by atoms with Crippen LogP contribution in [0.4, 0.5) is 0 Å². The van der Waals surface area contributed by atoms with Crippen LogP contribution in [0, 0.1) is 0 Å². The minimum atomic E-state index is 0.151. The van der Waals surface area contributed by atoms with Crippen LogP contribution in [-0.2, 0) is 11.3 Å². The summed E-state index contributed by atoms with van der Waals surface area (Å²) in [5.41, 5.74) is 3.44. The monoisotopic (exact) mass is 247 g/mol. The first-order chi connectivity index (χ1) is 8.76. The van der Waals surface area contributed by atoms with Gasteiger partial charge in [0.25, 0.3) is 0 Å². The van der Waals surface area contributed by atoms with Gasteiger partial charge in [-0.25, -0.2) is 0 Å². The lowest BCUT2D eigenvalue weighted by Crippen LogP contribution is -2.27. The molecule has 2 atom stereocenters. The van der Waals surface area contributed by atoms with Crippen LogP contribution in [0.15, 0.2) is 17.3 Å². The van der Waals surface area contributed by atoms with E-state index in [0.717, 1.165) is 30.1 Å². The van der Waals surface area contributed by atoms with Gasteiger partial charge in [-0.05, 0) is 31.9 Å². The average molecular weight is 247 g/mol. The van der Waals surface area contributed by atoms with Gasteiger partial charge in [0.1, 0.15) is 17.6 Å². The molecule has 0 aromatic heterocycles. The Hall–Kier alpha value is -1.71. The molecule has 0 spiro atoms. The molecular weight excluding hydrogens is 230 g/mol. The van der Waals surface area contributed by atoms with Crippen molar-refractivity contribution in [3.8, 4) is 11.5 Å². The van der Waals surface area contributed by atoms with E-state index in [-0.39, 0.29) is 12.0 Å². The number of benzene rings is 1. The van der Waals surface area contributed by atoms with Crippen molar-refractivity contribution in [1.82, 2.24) is 0 Å². The van der Waals surface area contributed by atoms with Crippen LogP contribution in [0.3, 0.4) is 0 Å². The Labute approximate surface area is 107 Å². The van der Waals surface area contributed by atoms with Crippen molar-refractivity contribution < 1.29 is 14.3 Å². The number of oxime groups is 1. The van der Waals surface area contributed by atoms with Crippen molar-refractivity contribution in [2.75, 3.05) is 14.2 Å². The van der Waals surface area contributed by atoms with Gasteiger partial charge >= 0.3 is 0 Å². The molecule has 2 unspecified atom stereocenters. The molecule has 1 aromatic carbocycles. The molecule has 0 radical (unpaired) electrons. The van der Waals surface area contributed by atoms with E-state index in [2.05, 4.69) is 5.16 Å². The van der Waals surface area contributed by atoms with Crippen LogP contribution in [0.25, 0.3) is 0 Å². The summed E-state index contributed by atoms with van der Waals surface area (Å²) < 4.78 is 11.0. The predicted octanol–water partition coefficient (Wildman–Crippen LogP) is 2.51. The molecule has 0 N–H and O–H groups in total. The van der Waals surface area contributed by atoms with E-state index >= 15 is 0 Å². The Morgan fingerprint density at radius 3 is 2.67 bits per heavy atom. The quantitative estimate of drug-likeness (QED) is 0.806. The van der Waals surface area contributed by atoms with Gasteiger partial charge in [-0.15, -0.1) is 0 Å². The molecule has 1 aliphatic heterocycles. The lowest BCUT2D eigenvalue weighted by atomic mass is 9.78. The van der Waals surface area contributed by atoms with Crippen molar-refractivity contribution in [3.05, 3.63) is 23.3 Å². The maximum atomic E-state index is 5.50. The van der Waals surface area contributed by atoms with Crippen LogP contribution < -0.4 is 9.47 Å². The highest BCUT2D eigenvalue weighted by atomic mass is 16.6. The smallest absolute Gasteiger partial charge is 0.140 e. The van der Waals surface area contributed by atoms with E-state index in [4.69, 9.17) is 14.3 Å². The number of ether oxygens (including phenoxy) is 2. The molecule has 4 heteroatoms. The standard InChI is InChI=1S/C14H17NO3/c1-8-13-12(18-15-8)5-4-9-10(16-2)6-7-11(17-3)14(9)13/h6-7,12-13H,4-5H2,1-3H3. The average Bonchev–Trinajstić information content (AvgIpc) is 2.79. The predicted molar refractivity (Wildman–Crippen MR) is 68.6 cm³/mol. The maximum Gasteiger partial charge on any atom is 0.140 e. The third-order valence-electron chi connectivity index (χ3n) is 3.86. The highest BCUT2D eigenvalue weighted by Crippen LogP contribution is 2.45. The van der Waals surface area contributed by atoms with Gasteiger partial charge in [-0.3, -0.25) is 0 Å². The van der Waals surface area contributed by atoms with E-state index in [1.54, 1.807) is 14.2 Å². The topological polar surface area (TPSA) is 40.0 Å². The molecule has 0 saturated heterocycles. The minimum Gasteiger partial charge on any atom is -0.496 e. The van der Waals surface area contributed by atoms with Gasteiger partial charge in [0.05, 0.1) is 25.8 Å². The fourth-order valence-corrected chi connectivity index (χ4v) is 3.03. The Bertz CT molecular complexity index is 510. The lowest BCUT2D eigenvalue weighted by Gasteiger charge is -2.29. The Kier molecular flexibility index (Phi) is 2.65. The van der Waals surface area contributed by atoms with Crippen LogP contribution in [-0.4, -0.2) is 26.0 Å². The largest absolute Gasteiger partial charge is 0.496 e. The molecule has 3 rings (SSSR count). The first kappa shape index (κ1) is 11.4. The summed E-state index contributed by atoms with van der Waals surface area (Å²) in [6, 6.07) is 3.94. The van der Waals surface area contributed by atoms with Gasteiger partial charge in [-0.2, -0.15) is 0 Å². The van der Waals surface area contributed by atoms with E-state index in [1.807, 2.05) is 19.1 Å². The third-order valence-corrected chi connectivity index (χ3v) is 3.86. The van der Waals surface area contributed by atoms with E-state index < -0.39 is 0 Å². The van der Waals surface area contributed by atoms with Crippen molar-refractivity contribution in [3.63, 3.8) is 0 Å². The molecule has 18 heavy (non-hydrogen) atoms. The zero-order valence-electron chi connectivity index (χ0n) is 10.9. The minimum absolute atomic E-state index is 0.151. The Morgan fingerprint density at radius 2 is 1.94 bits per heavy atom. The summed E-state index contributed by atoms with van der Waals surface area (Å²) >= 11 is 0. The number of methoxy groups -OCH3 is 2. The van der Waals surface area contributed by atoms with Gasteiger partial charge in [0.15, 0.2) is 0 Å². The van der Waals surface area contributed by atoms with Crippen molar-refractivity contribution >= 4 is 5.71 Å².